The second-order valence-electron chi connectivity index (χ2n) is 6.09. The minimum atomic E-state index is -0.138. The van der Waals surface area contributed by atoms with E-state index in [-0.39, 0.29) is 11.8 Å². The Hall–Kier alpha value is -3.12. The van der Waals surface area contributed by atoms with E-state index in [0.717, 1.165) is 11.3 Å². The van der Waals surface area contributed by atoms with Crippen LogP contribution in [0.15, 0.2) is 60.9 Å². The molecule has 1 heterocycles. The van der Waals surface area contributed by atoms with E-state index >= 15 is 0 Å². The Morgan fingerprint density at radius 1 is 1.07 bits per heavy atom. The fourth-order valence-corrected chi connectivity index (χ4v) is 2.77. The molecule has 6 nitrogen and oxygen atoms in total. The van der Waals surface area contributed by atoms with Gasteiger partial charge in [-0.05, 0) is 42.0 Å². The van der Waals surface area contributed by atoms with Crippen LogP contribution in [0.1, 0.15) is 26.3 Å². The quantitative estimate of drug-likeness (QED) is 0.737. The summed E-state index contributed by atoms with van der Waals surface area (Å²) in [4.78, 5) is 25.9. The number of nitrogens with one attached hydrogen (secondary N) is 1. The van der Waals surface area contributed by atoms with Gasteiger partial charge in [0, 0.05) is 37.4 Å². The number of amides is 2. The molecule has 0 spiro atoms. The second kappa shape index (κ2) is 8.05. The number of hydrogen-bond donors (Lipinski definition) is 1. The van der Waals surface area contributed by atoms with E-state index in [1.807, 2.05) is 24.3 Å². The Balaban J connectivity index is 1.68. The SMILES string of the molecule is CNC(=O)c1ccc(CN(C)C(=O)c2cnn(-c3ccc(Cl)cc3)c2)cc1. The van der Waals surface area contributed by atoms with E-state index in [9.17, 15) is 9.59 Å². The summed E-state index contributed by atoms with van der Waals surface area (Å²) in [7, 11) is 3.32. The fraction of sp³-hybridized carbons (Fsp3) is 0.150. The first kappa shape index (κ1) is 18.7. The molecule has 0 bridgehead atoms. The third-order valence-electron chi connectivity index (χ3n) is 4.13. The predicted octanol–water partition coefficient (Wildman–Crippen LogP) is 3.16. The van der Waals surface area contributed by atoms with Crippen molar-refractivity contribution in [3.05, 3.63) is 82.6 Å². The Morgan fingerprint density at radius 2 is 1.74 bits per heavy atom. The van der Waals surface area contributed by atoms with Gasteiger partial charge in [-0.3, -0.25) is 9.59 Å². The van der Waals surface area contributed by atoms with Gasteiger partial charge in [0.1, 0.15) is 0 Å². The molecule has 1 aromatic heterocycles. The summed E-state index contributed by atoms with van der Waals surface area (Å²) < 4.78 is 1.63. The van der Waals surface area contributed by atoms with Crippen molar-refractivity contribution < 1.29 is 9.59 Å². The lowest BCUT2D eigenvalue weighted by atomic mass is 10.1. The standard InChI is InChI=1S/C20H19ClN4O2/c1-22-19(26)15-5-3-14(4-6-15)12-24(2)20(27)16-11-23-25(13-16)18-9-7-17(21)8-10-18/h3-11,13H,12H2,1-2H3,(H,22,26). The van der Waals surface area contributed by atoms with Crippen LogP contribution in [0.4, 0.5) is 0 Å². The summed E-state index contributed by atoms with van der Waals surface area (Å²) in [6, 6.07) is 14.4. The van der Waals surface area contributed by atoms with Crippen molar-refractivity contribution in [2.24, 2.45) is 0 Å². The zero-order chi connectivity index (χ0) is 19.4. The molecule has 27 heavy (non-hydrogen) atoms. The molecule has 0 saturated heterocycles. The van der Waals surface area contributed by atoms with E-state index in [4.69, 9.17) is 11.6 Å². The highest BCUT2D eigenvalue weighted by Gasteiger charge is 2.15. The Labute approximate surface area is 162 Å². The number of rotatable bonds is 5. The van der Waals surface area contributed by atoms with Gasteiger partial charge in [-0.25, -0.2) is 4.68 Å². The zero-order valence-electron chi connectivity index (χ0n) is 15.0. The van der Waals surface area contributed by atoms with Gasteiger partial charge in [0.15, 0.2) is 0 Å². The molecule has 0 radical (unpaired) electrons. The van der Waals surface area contributed by atoms with Crippen molar-refractivity contribution in [3.63, 3.8) is 0 Å². The van der Waals surface area contributed by atoms with Crippen LogP contribution >= 0.6 is 11.6 Å². The van der Waals surface area contributed by atoms with Gasteiger partial charge in [-0.15, -0.1) is 0 Å². The van der Waals surface area contributed by atoms with Crippen LogP contribution in [0.25, 0.3) is 5.69 Å². The molecule has 0 saturated carbocycles. The maximum atomic E-state index is 12.7. The average Bonchev–Trinajstić information content (AvgIpc) is 3.18. The van der Waals surface area contributed by atoms with Crippen molar-refractivity contribution in [3.8, 4) is 5.69 Å². The van der Waals surface area contributed by atoms with Crippen LogP contribution in [-0.2, 0) is 6.54 Å². The lowest BCUT2D eigenvalue weighted by molar-refractivity contribution is 0.0784. The largest absolute Gasteiger partial charge is 0.355 e. The van der Waals surface area contributed by atoms with Gasteiger partial charge >= 0.3 is 0 Å². The predicted molar refractivity (Wildman–Crippen MR) is 104 cm³/mol. The summed E-state index contributed by atoms with van der Waals surface area (Å²) in [6.07, 6.45) is 3.23. The number of hydrogen-bond acceptors (Lipinski definition) is 3. The Bertz CT molecular complexity index is 949. The highest BCUT2D eigenvalue weighted by molar-refractivity contribution is 6.30. The van der Waals surface area contributed by atoms with Gasteiger partial charge in [-0.1, -0.05) is 23.7 Å². The van der Waals surface area contributed by atoms with Crippen molar-refractivity contribution >= 4 is 23.4 Å². The molecule has 138 valence electrons. The number of benzene rings is 2. The molecule has 1 N–H and O–H groups in total. The van der Waals surface area contributed by atoms with Crippen LogP contribution in [-0.4, -0.2) is 40.6 Å². The van der Waals surface area contributed by atoms with E-state index in [2.05, 4.69) is 10.4 Å². The normalized spacial score (nSPS) is 10.5. The van der Waals surface area contributed by atoms with E-state index in [1.54, 1.807) is 60.3 Å². The first-order valence-corrected chi connectivity index (χ1v) is 8.73. The monoisotopic (exact) mass is 382 g/mol. The highest BCUT2D eigenvalue weighted by atomic mass is 35.5. The molecular formula is C20H19ClN4O2. The van der Waals surface area contributed by atoms with Crippen LogP contribution < -0.4 is 5.32 Å². The maximum absolute atomic E-state index is 12.7. The number of carbonyl (C=O) groups is 2. The van der Waals surface area contributed by atoms with Gasteiger partial charge < -0.3 is 10.2 Å². The molecule has 2 aromatic carbocycles. The minimum absolute atomic E-state index is 0.134. The highest BCUT2D eigenvalue weighted by Crippen LogP contribution is 2.15. The van der Waals surface area contributed by atoms with E-state index < -0.39 is 0 Å². The maximum Gasteiger partial charge on any atom is 0.257 e. The summed E-state index contributed by atoms with van der Waals surface area (Å²) >= 11 is 5.90. The van der Waals surface area contributed by atoms with Crippen LogP contribution in [0, 0.1) is 0 Å². The molecule has 0 atom stereocenters. The third kappa shape index (κ3) is 4.35. The summed E-state index contributed by atoms with van der Waals surface area (Å²) in [5.74, 6) is -0.272. The van der Waals surface area contributed by atoms with Crippen LogP contribution in [0.2, 0.25) is 5.02 Å². The summed E-state index contributed by atoms with van der Waals surface area (Å²) in [6.45, 7) is 0.430. The zero-order valence-corrected chi connectivity index (χ0v) is 15.8. The molecule has 3 rings (SSSR count). The smallest absolute Gasteiger partial charge is 0.257 e. The third-order valence-corrected chi connectivity index (χ3v) is 4.38. The molecule has 7 heteroatoms. The number of carbonyl (C=O) groups excluding carboxylic acids is 2. The van der Waals surface area contributed by atoms with Gasteiger partial charge in [0.25, 0.3) is 11.8 Å². The Kier molecular flexibility index (Phi) is 5.57. The fourth-order valence-electron chi connectivity index (χ4n) is 2.64. The number of aromatic nitrogens is 2. The lowest BCUT2D eigenvalue weighted by Crippen LogP contribution is -2.26. The first-order chi connectivity index (χ1) is 13.0. The van der Waals surface area contributed by atoms with Crippen molar-refractivity contribution in [1.29, 1.82) is 0 Å². The molecule has 3 aromatic rings. The number of nitrogens with zero attached hydrogens (tertiary/aromatic N) is 3. The Morgan fingerprint density at radius 3 is 2.37 bits per heavy atom. The topological polar surface area (TPSA) is 67.2 Å². The molecule has 2 amide bonds. The number of halogens is 1. The molecule has 0 aliphatic carbocycles. The molecular weight excluding hydrogens is 364 g/mol. The summed E-state index contributed by atoms with van der Waals surface area (Å²) in [5, 5.41) is 7.47. The molecule has 0 unspecified atom stereocenters. The van der Waals surface area contributed by atoms with Gasteiger partial charge in [-0.2, -0.15) is 5.10 Å². The summed E-state index contributed by atoms with van der Waals surface area (Å²) in [5.41, 5.74) is 2.84. The lowest BCUT2D eigenvalue weighted by Gasteiger charge is -2.16. The molecule has 0 aliphatic rings. The molecule has 0 aliphatic heterocycles. The van der Waals surface area contributed by atoms with Crippen LogP contribution in [0.5, 0.6) is 0 Å². The first-order valence-electron chi connectivity index (χ1n) is 8.35. The van der Waals surface area contributed by atoms with Gasteiger partial charge in [0.2, 0.25) is 0 Å². The van der Waals surface area contributed by atoms with Crippen molar-refractivity contribution in [2.45, 2.75) is 6.54 Å². The van der Waals surface area contributed by atoms with E-state index in [0.29, 0.717) is 22.7 Å². The molecule has 0 fully saturated rings. The van der Waals surface area contributed by atoms with Crippen molar-refractivity contribution in [2.75, 3.05) is 14.1 Å². The van der Waals surface area contributed by atoms with Gasteiger partial charge in [0.05, 0.1) is 17.4 Å². The van der Waals surface area contributed by atoms with Crippen molar-refractivity contribution in [1.82, 2.24) is 20.0 Å². The average molecular weight is 383 g/mol. The minimum Gasteiger partial charge on any atom is -0.355 e. The second-order valence-corrected chi connectivity index (χ2v) is 6.52. The van der Waals surface area contributed by atoms with Crippen LogP contribution in [0.3, 0.4) is 0 Å². The van der Waals surface area contributed by atoms with E-state index in [1.165, 1.54) is 0 Å².